The molecule has 0 aromatic heterocycles. The Morgan fingerprint density at radius 3 is 0.973 bits per heavy atom. The molecule has 0 aromatic rings. The first-order valence-corrected chi connectivity index (χ1v) is 33.1. The van der Waals surface area contributed by atoms with E-state index in [4.69, 9.17) is 49.3 Å². The summed E-state index contributed by atoms with van der Waals surface area (Å²) in [6.07, 6.45) is 8.02. The third-order valence-corrected chi connectivity index (χ3v) is 21.2. The third-order valence-electron chi connectivity index (χ3n) is 12.1. The lowest BCUT2D eigenvalue weighted by atomic mass is 10.1. The van der Waals surface area contributed by atoms with Gasteiger partial charge in [0.1, 0.15) is 0 Å². The highest BCUT2D eigenvalue weighted by molar-refractivity contribution is 6.61. The molecule has 3 saturated heterocycles. The fourth-order valence-corrected chi connectivity index (χ4v) is 15.3. The summed E-state index contributed by atoms with van der Waals surface area (Å²) in [6.45, 7) is 29.3. The summed E-state index contributed by atoms with van der Waals surface area (Å²) in [6, 6.07) is 2.41. The van der Waals surface area contributed by atoms with E-state index in [0.717, 1.165) is 116 Å². The molecule has 0 bridgehead atoms. The number of carbonyl (C=O) groups excluding carboxylic acids is 3. The Balaban J connectivity index is 0.00000106. The van der Waals surface area contributed by atoms with Gasteiger partial charge >= 0.3 is 26.4 Å². The van der Waals surface area contributed by atoms with E-state index in [2.05, 4.69) is 21.3 Å². The second-order valence-electron chi connectivity index (χ2n) is 17.2. The minimum atomic E-state index is -2.53. The van der Waals surface area contributed by atoms with Crippen LogP contribution in [-0.2, 0) is 63.7 Å². The van der Waals surface area contributed by atoms with Crippen molar-refractivity contribution in [2.45, 2.75) is 125 Å². The smallest absolute Gasteiger partial charge is 0.378 e. The van der Waals surface area contributed by atoms with Crippen LogP contribution < -0.4 is 21.3 Å². The number of amides is 3. The lowest BCUT2D eigenvalue weighted by Gasteiger charge is -2.28. The van der Waals surface area contributed by atoms with Gasteiger partial charge in [-0.05, 0) is 99.7 Å². The number of nitrogens with zero attached hydrogens (tertiary/aromatic N) is 3. The molecule has 0 aliphatic carbocycles. The molecule has 24 heteroatoms. The van der Waals surface area contributed by atoms with E-state index in [1.165, 1.54) is 6.42 Å². The standard InChI is InChI=1S/C17H36N2O4Si.C16H34N2O5Si.C15H33N3O5Si.CH4/c1-4-21-24(22-5-2,23-6-3)16-10-12-18-13-11-17(20)19-14-8-7-9-15-19;1-4-21-24(22-5-2,23-6-3)15-7-9-17-10-8-16(19)18-11-13-20-14-12-18;1-20-24(21-2,22-3)14-4-6-16-8-9-17-7-5-15(19)18-10-12-23-13-11-18;/h18H,4-16H2,1-3H3;17H,4-15H2,1-3H3;16-17H,4-14H2,1-3H3;1H4. The van der Waals surface area contributed by atoms with Crippen molar-refractivity contribution in [3.05, 3.63) is 0 Å². The zero-order chi connectivity index (χ0) is 53.0. The maximum absolute atomic E-state index is 12.1. The van der Waals surface area contributed by atoms with Crippen molar-refractivity contribution in [3.63, 3.8) is 0 Å². The second kappa shape index (κ2) is 46.5. The van der Waals surface area contributed by atoms with Gasteiger partial charge in [0.2, 0.25) is 17.7 Å². The van der Waals surface area contributed by atoms with E-state index in [1.807, 2.05) is 56.2 Å². The van der Waals surface area contributed by atoms with Gasteiger partial charge in [-0.25, -0.2) is 0 Å². The van der Waals surface area contributed by atoms with Crippen LogP contribution in [0.3, 0.4) is 0 Å². The molecule has 3 heterocycles. The van der Waals surface area contributed by atoms with Gasteiger partial charge in [-0.3, -0.25) is 14.4 Å². The fraction of sp³-hybridized carbons (Fsp3) is 0.939. The molecule has 3 aliphatic rings. The van der Waals surface area contributed by atoms with Crippen LogP contribution in [0.25, 0.3) is 0 Å². The summed E-state index contributed by atoms with van der Waals surface area (Å²) >= 11 is 0. The SMILES string of the molecule is C.CCO[Si](CCCNCCC(=O)N1CCCCC1)(OCC)OCC.CCO[Si](CCCNCCC(=O)N1CCOCC1)(OCC)OCC.CO[Si](CCCNCCNCCC(=O)N1CCOCC1)(OC)OC. The molecule has 3 amide bonds. The maximum Gasteiger partial charge on any atom is 0.500 e. The Morgan fingerprint density at radius 1 is 0.397 bits per heavy atom. The van der Waals surface area contributed by atoms with E-state index >= 15 is 0 Å². The maximum atomic E-state index is 12.1. The van der Waals surface area contributed by atoms with Crippen LogP contribution in [0, 0.1) is 0 Å². The molecule has 0 saturated carbocycles. The molecule has 73 heavy (non-hydrogen) atoms. The van der Waals surface area contributed by atoms with E-state index in [0.29, 0.717) is 112 Å². The zero-order valence-corrected chi connectivity index (χ0v) is 49.5. The number of piperidine rings is 1. The van der Waals surface area contributed by atoms with Crippen LogP contribution in [0.2, 0.25) is 18.1 Å². The molecule has 3 rings (SSSR count). The van der Waals surface area contributed by atoms with Crippen LogP contribution in [0.5, 0.6) is 0 Å². The Hall–Kier alpha value is -1.54. The van der Waals surface area contributed by atoms with Gasteiger partial charge in [0.05, 0.1) is 26.4 Å². The average Bonchev–Trinajstić information content (AvgIpc) is 3.40. The number of morpholine rings is 2. The molecular weight excluding hydrogens is 995 g/mol. The molecule has 434 valence electrons. The molecule has 3 aliphatic heterocycles. The van der Waals surface area contributed by atoms with Crippen molar-refractivity contribution in [1.82, 2.24) is 36.0 Å². The van der Waals surface area contributed by atoms with E-state index < -0.39 is 26.4 Å². The van der Waals surface area contributed by atoms with Gasteiger partial charge in [-0.2, -0.15) is 0 Å². The monoisotopic (exact) mass is 1100 g/mol. The Kier molecular flexibility index (Phi) is 45.6. The van der Waals surface area contributed by atoms with Gasteiger partial charge in [0, 0.05) is 170 Å². The van der Waals surface area contributed by atoms with Crippen LogP contribution in [0.15, 0.2) is 0 Å². The van der Waals surface area contributed by atoms with Crippen molar-refractivity contribution in [1.29, 1.82) is 0 Å². The summed E-state index contributed by atoms with van der Waals surface area (Å²) < 4.78 is 61.6. The van der Waals surface area contributed by atoms with Crippen molar-refractivity contribution < 1.29 is 63.7 Å². The van der Waals surface area contributed by atoms with Crippen LogP contribution in [0.4, 0.5) is 0 Å². The highest BCUT2D eigenvalue weighted by atomic mass is 28.4. The first kappa shape index (κ1) is 71.5. The predicted octanol–water partition coefficient (Wildman–Crippen LogP) is 4.00. The number of hydrogen-bond acceptors (Lipinski definition) is 18. The summed E-state index contributed by atoms with van der Waals surface area (Å²) in [5.41, 5.74) is 0. The fourth-order valence-electron chi connectivity index (χ4n) is 8.35. The lowest BCUT2D eigenvalue weighted by molar-refractivity contribution is -0.135. The normalized spacial score (nSPS) is 15.5. The molecule has 4 N–H and O–H groups in total. The quantitative estimate of drug-likeness (QED) is 0.0507. The molecule has 0 spiro atoms. The Bertz CT molecular complexity index is 1220. The summed E-state index contributed by atoms with van der Waals surface area (Å²) in [4.78, 5) is 41.8. The molecule has 0 unspecified atom stereocenters. The highest BCUT2D eigenvalue weighted by Gasteiger charge is 2.41. The first-order chi connectivity index (χ1) is 35.0. The zero-order valence-electron chi connectivity index (χ0n) is 46.5. The Morgan fingerprint density at radius 2 is 0.671 bits per heavy atom. The van der Waals surface area contributed by atoms with E-state index in [1.54, 1.807) is 21.3 Å². The number of nitrogens with one attached hydrogen (secondary N) is 4. The predicted molar refractivity (Wildman–Crippen MR) is 294 cm³/mol. The van der Waals surface area contributed by atoms with E-state index in [9.17, 15) is 14.4 Å². The van der Waals surface area contributed by atoms with Crippen molar-refractivity contribution in [3.8, 4) is 0 Å². The number of rotatable bonds is 39. The summed E-state index contributed by atoms with van der Waals surface area (Å²) in [5, 5.41) is 13.3. The van der Waals surface area contributed by atoms with Gasteiger partial charge < -0.3 is 85.3 Å². The third kappa shape index (κ3) is 32.7. The molecule has 0 aromatic carbocycles. The largest absolute Gasteiger partial charge is 0.500 e. The number of hydrogen-bond donors (Lipinski definition) is 4. The molecule has 21 nitrogen and oxygen atoms in total. The number of ether oxygens (including phenoxy) is 2. The molecular formula is C49H107N7O14Si3. The summed E-state index contributed by atoms with van der Waals surface area (Å²) in [7, 11) is -2.59. The first-order valence-electron chi connectivity index (χ1n) is 27.3. The molecule has 0 atom stereocenters. The average molecular weight is 1100 g/mol. The van der Waals surface area contributed by atoms with Crippen LogP contribution in [-0.4, -0.2) is 238 Å². The molecule has 0 radical (unpaired) electrons. The van der Waals surface area contributed by atoms with Gasteiger partial charge in [0.25, 0.3) is 0 Å². The minimum Gasteiger partial charge on any atom is -0.378 e. The Labute approximate surface area is 446 Å². The van der Waals surface area contributed by atoms with Crippen molar-refractivity contribution >= 4 is 44.1 Å². The summed E-state index contributed by atoms with van der Waals surface area (Å²) in [5.74, 6) is 0.690. The second-order valence-corrected chi connectivity index (χ2v) is 25.8. The number of likely N-dealkylation sites (tertiary alicyclic amines) is 1. The van der Waals surface area contributed by atoms with Crippen molar-refractivity contribution in [2.24, 2.45) is 0 Å². The van der Waals surface area contributed by atoms with E-state index in [-0.39, 0.29) is 25.1 Å². The number of carbonyl (C=O) groups is 3. The minimum absolute atomic E-state index is 0. The molecule has 3 fully saturated rings. The topological polar surface area (TPSA) is 211 Å². The van der Waals surface area contributed by atoms with Crippen molar-refractivity contribution in [2.75, 3.05) is 179 Å². The van der Waals surface area contributed by atoms with Crippen LogP contribution in [0.1, 0.15) is 107 Å². The van der Waals surface area contributed by atoms with Gasteiger partial charge in [-0.1, -0.05) is 7.43 Å². The van der Waals surface area contributed by atoms with Crippen LogP contribution >= 0.6 is 0 Å². The van der Waals surface area contributed by atoms with Gasteiger partial charge in [-0.15, -0.1) is 0 Å². The van der Waals surface area contributed by atoms with Gasteiger partial charge in [0.15, 0.2) is 0 Å². The lowest BCUT2D eigenvalue weighted by Crippen LogP contribution is -2.46. The highest BCUT2D eigenvalue weighted by Crippen LogP contribution is 2.19.